The van der Waals surface area contributed by atoms with Gasteiger partial charge in [0.15, 0.2) is 0 Å². The van der Waals surface area contributed by atoms with E-state index in [0.29, 0.717) is 11.1 Å². The number of fused-ring (bicyclic) bond motifs is 9. The second-order valence-electron chi connectivity index (χ2n) is 14.0. The zero-order valence-electron chi connectivity index (χ0n) is 29.5. The van der Waals surface area contributed by atoms with Gasteiger partial charge in [0.25, 0.3) is 0 Å². The number of aromatic nitrogens is 3. The Bertz CT molecular complexity index is 3400. The van der Waals surface area contributed by atoms with Gasteiger partial charge in [0.05, 0.1) is 56.4 Å². The fraction of sp³-hybridized carbons (Fsp3) is 0. The van der Waals surface area contributed by atoms with Crippen LogP contribution in [0.2, 0.25) is 0 Å². The molecule has 3 heterocycles. The molecule has 0 aliphatic heterocycles. The summed E-state index contributed by atoms with van der Waals surface area (Å²) in [4.78, 5) is 0. The van der Waals surface area contributed by atoms with E-state index in [0.717, 1.165) is 61.0 Å². The van der Waals surface area contributed by atoms with Crippen LogP contribution >= 0.6 is 0 Å². The van der Waals surface area contributed by atoms with Gasteiger partial charge in [-0.05, 0) is 90.5 Å². The number of benzene rings is 8. The maximum absolute atomic E-state index is 10.3. The Balaban J connectivity index is 1.05. The number of para-hydroxylation sites is 4. The minimum atomic E-state index is 0.601. The van der Waals surface area contributed by atoms with Crippen molar-refractivity contribution in [2.24, 2.45) is 0 Å². The predicted molar refractivity (Wildman–Crippen MR) is 224 cm³/mol. The van der Waals surface area contributed by atoms with Crippen molar-refractivity contribution in [3.8, 4) is 40.3 Å². The molecule has 55 heavy (non-hydrogen) atoms. The van der Waals surface area contributed by atoms with E-state index >= 15 is 0 Å². The van der Waals surface area contributed by atoms with Gasteiger partial charge in [0.2, 0.25) is 0 Å². The van der Waals surface area contributed by atoms with Gasteiger partial charge in [-0.15, -0.1) is 0 Å². The molecule has 0 bridgehead atoms. The first-order valence-electron chi connectivity index (χ1n) is 18.3. The van der Waals surface area contributed by atoms with E-state index in [2.05, 4.69) is 159 Å². The highest BCUT2D eigenvalue weighted by atomic mass is 15.0. The van der Waals surface area contributed by atoms with Crippen LogP contribution in [0.1, 0.15) is 11.1 Å². The molecule has 8 aromatic carbocycles. The predicted octanol–water partition coefficient (Wildman–Crippen LogP) is 12.4. The average Bonchev–Trinajstić information content (AvgIpc) is 3.88. The fourth-order valence-electron chi connectivity index (χ4n) is 8.69. The molecule has 0 aliphatic carbocycles. The monoisotopic (exact) mass is 699 g/mol. The minimum Gasteiger partial charge on any atom is -0.309 e. The summed E-state index contributed by atoms with van der Waals surface area (Å²) in [6, 6.07) is 66.0. The van der Waals surface area contributed by atoms with Crippen LogP contribution < -0.4 is 0 Å². The summed E-state index contributed by atoms with van der Waals surface area (Å²) in [6.45, 7) is 0. The molecule has 0 unspecified atom stereocenters. The third-order valence-corrected chi connectivity index (χ3v) is 11.1. The Kier molecular flexibility index (Phi) is 6.61. The highest BCUT2D eigenvalue weighted by molar-refractivity contribution is 6.12. The smallest absolute Gasteiger partial charge is 0.0998 e. The van der Waals surface area contributed by atoms with Crippen molar-refractivity contribution in [3.05, 3.63) is 187 Å². The Morgan fingerprint density at radius 1 is 0.327 bits per heavy atom. The molecule has 0 saturated heterocycles. The van der Waals surface area contributed by atoms with Gasteiger partial charge in [-0.25, -0.2) is 0 Å². The van der Waals surface area contributed by atoms with Crippen LogP contribution in [0, 0.1) is 22.7 Å². The molecule has 5 heteroatoms. The van der Waals surface area contributed by atoms with E-state index in [1.165, 1.54) is 32.6 Å². The van der Waals surface area contributed by atoms with E-state index in [9.17, 15) is 10.5 Å². The zero-order valence-corrected chi connectivity index (χ0v) is 29.5. The van der Waals surface area contributed by atoms with Crippen molar-refractivity contribution in [1.29, 1.82) is 10.5 Å². The number of nitrogens with zero attached hydrogens (tertiary/aromatic N) is 5. The molecule has 11 aromatic rings. The van der Waals surface area contributed by atoms with Crippen molar-refractivity contribution in [2.45, 2.75) is 0 Å². The lowest BCUT2D eigenvalue weighted by atomic mass is 9.99. The van der Waals surface area contributed by atoms with Crippen LogP contribution in [0.4, 0.5) is 0 Å². The molecule has 3 aromatic heterocycles. The summed E-state index contributed by atoms with van der Waals surface area (Å²) < 4.78 is 6.89. The van der Waals surface area contributed by atoms with E-state index in [-0.39, 0.29) is 0 Å². The first-order chi connectivity index (χ1) is 27.2. The van der Waals surface area contributed by atoms with Crippen LogP contribution in [0.15, 0.2) is 176 Å². The Labute approximate surface area is 316 Å². The second-order valence-corrected chi connectivity index (χ2v) is 14.0. The minimum absolute atomic E-state index is 0.601. The van der Waals surface area contributed by atoms with E-state index in [1.54, 1.807) is 0 Å². The normalized spacial score (nSPS) is 11.6. The van der Waals surface area contributed by atoms with Crippen LogP contribution in [0.25, 0.3) is 93.6 Å². The topological polar surface area (TPSA) is 62.4 Å². The Hall–Kier alpha value is -7.86. The van der Waals surface area contributed by atoms with Crippen molar-refractivity contribution < 1.29 is 0 Å². The lowest BCUT2D eigenvalue weighted by molar-refractivity contribution is 1.16. The number of hydrogen-bond donors (Lipinski definition) is 0. The maximum atomic E-state index is 10.3. The molecule has 5 nitrogen and oxygen atoms in total. The second kappa shape index (κ2) is 11.8. The average molecular weight is 700 g/mol. The molecule has 0 saturated carbocycles. The van der Waals surface area contributed by atoms with Gasteiger partial charge in [-0.1, -0.05) is 91.0 Å². The lowest BCUT2D eigenvalue weighted by Crippen LogP contribution is -1.97. The van der Waals surface area contributed by atoms with E-state index in [4.69, 9.17) is 0 Å². The molecular weight excluding hydrogens is 671 g/mol. The number of nitriles is 2. The summed E-state index contributed by atoms with van der Waals surface area (Å²) in [5, 5.41) is 27.0. The zero-order chi connectivity index (χ0) is 36.6. The summed E-state index contributed by atoms with van der Waals surface area (Å²) in [5.41, 5.74) is 12.8. The van der Waals surface area contributed by atoms with Gasteiger partial charge in [-0.2, -0.15) is 10.5 Å². The van der Waals surface area contributed by atoms with Crippen molar-refractivity contribution in [3.63, 3.8) is 0 Å². The first-order valence-corrected chi connectivity index (χ1v) is 18.3. The van der Waals surface area contributed by atoms with Gasteiger partial charge in [-0.3, -0.25) is 0 Å². The molecule has 11 rings (SSSR count). The molecule has 0 atom stereocenters. The lowest BCUT2D eigenvalue weighted by Gasteiger charge is -2.13. The van der Waals surface area contributed by atoms with Crippen molar-refractivity contribution >= 4 is 65.4 Å². The number of rotatable bonds is 4. The van der Waals surface area contributed by atoms with Crippen LogP contribution in [-0.2, 0) is 0 Å². The SMILES string of the molecule is N#Cc1ccc2c3ccccc3n(-c3ccc(C#N)c(-c4ccc(-n5c6ccccc6c6cc(-n7c8ccccc8c8ccccc87)ccc65)cc4)c3)c2c1. The molecule has 254 valence electrons. The Morgan fingerprint density at radius 2 is 0.782 bits per heavy atom. The molecule has 0 N–H and O–H groups in total. The maximum Gasteiger partial charge on any atom is 0.0998 e. The summed E-state index contributed by atoms with van der Waals surface area (Å²) in [7, 11) is 0. The van der Waals surface area contributed by atoms with E-state index < -0.39 is 0 Å². The van der Waals surface area contributed by atoms with Gasteiger partial charge in [0, 0.05) is 54.9 Å². The quantitative estimate of drug-likeness (QED) is 0.184. The largest absolute Gasteiger partial charge is 0.309 e. The molecule has 0 radical (unpaired) electrons. The summed E-state index contributed by atoms with van der Waals surface area (Å²) >= 11 is 0. The highest BCUT2D eigenvalue weighted by Gasteiger charge is 2.18. The molecule has 0 spiro atoms. The van der Waals surface area contributed by atoms with Crippen LogP contribution in [0.5, 0.6) is 0 Å². The third kappa shape index (κ3) is 4.51. The Morgan fingerprint density at radius 3 is 1.36 bits per heavy atom. The van der Waals surface area contributed by atoms with Gasteiger partial charge >= 0.3 is 0 Å². The number of hydrogen-bond acceptors (Lipinski definition) is 2. The summed E-state index contributed by atoms with van der Waals surface area (Å²) in [6.07, 6.45) is 0. The third-order valence-electron chi connectivity index (χ3n) is 11.1. The first kappa shape index (κ1) is 30.7. The molecule has 0 fully saturated rings. The highest BCUT2D eigenvalue weighted by Crippen LogP contribution is 2.38. The van der Waals surface area contributed by atoms with Gasteiger partial charge in [0.1, 0.15) is 0 Å². The summed E-state index contributed by atoms with van der Waals surface area (Å²) in [5.74, 6) is 0. The standard InChI is InChI=1S/C50H29N5/c51-30-32-17-25-42-40-11-3-7-15-47(40)55(50(42)27-32)36-23-20-34(31-52)43(28-36)33-18-21-35(22-19-33)53-48-16-8-4-12-41(48)44-29-37(24-26-49(44)53)54-45-13-5-1-9-38(45)39-10-2-6-14-46(39)54/h1-29H. The van der Waals surface area contributed by atoms with Crippen LogP contribution in [0.3, 0.4) is 0 Å². The van der Waals surface area contributed by atoms with Crippen molar-refractivity contribution in [1.82, 2.24) is 13.7 Å². The van der Waals surface area contributed by atoms with Crippen molar-refractivity contribution in [2.75, 3.05) is 0 Å². The van der Waals surface area contributed by atoms with Crippen LogP contribution in [-0.4, -0.2) is 13.7 Å². The molecule has 0 amide bonds. The van der Waals surface area contributed by atoms with E-state index in [1.807, 2.05) is 42.5 Å². The molecular formula is C50H29N5. The molecule has 0 aliphatic rings. The fourth-order valence-corrected chi connectivity index (χ4v) is 8.69. The van der Waals surface area contributed by atoms with Gasteiger partial charge < -0.3 is 13.7 Å².